The molecule has 10 heteroatoms. The molecule has 32 heavy (non-hydrogen) atoms. The number of hydrogen-bond acceptors (Lipinski definition) is 7. The third kappa shape index (κ3) is 4.20. The average molecular weight is 461 g/mol. The van der Waals surface area contributed by atoms with Crippen LogP contribution in [0.25, 0.3) is 0 Å². The summed E-state index contributed by atoms with van der Waals surface area (Å²) in [6, 6.07) is 9.65. The van der Waals surface area contributed by atoms with Crippen LogP contribution in [0.15, 0.2) is 41.3 Å². The molecular formula is C22H24N2O7S. The molecule has 3 aliphatic rings. The number of sulfonamides is 1. The number of piperidine rings is 1. The van der Waals surface area contributed by atoms with Gasteiger partial charge in [-0.25, -0.2) is 13.1 Å². The highest BCUT2D eigenvalue weighted by molar-refractivity contribution is 7.89. The molecule has 1 saturated heterocycles. The van der Waals surface area contributed by atoms with Gasteiger partial charge in [0.25, 0.3) is 5.91 Å². The number of likely N-dealkylation sites (tertiary alicyclic amines) is 1. The highest BCUT2D eigenvalue weighted by Gasteiger charge is 2.32. The first-order valence-corrected chi connectivity index (χ1v) is 12.1. The lowest BCUT2D eigenvalue weighted by Gasteiger charge is -2.32. The molecule has 9 nitrogen and oxygen atoms in total. The van der Waals surface area contributed by atoms with Crippen LogP contribution in [0.3, 0.4) is 0 Å². The lowest BCUT2D eigenvalue weighted by atomic mass is 10.1. The Balaban J connectivity index is 1.25. The van der Waals surface area contributed by atoms with Crippen LogP contribution in [0, 0.1) is 0 Å². The zero-order valence-electron chi connectivity index (χ0n) is 17.4. The fourth-order valence-corrected chi connectivity index (χ4v) is 5.00. The second-order valence-corrected chi connectivity index (χ2v) is 9.69. The molecule has 0 aliphatic carbocycles. The third-order valence-corrected chi connectivity index (χ3v) is 7.13. The van der Waals surface area contributed by atoms with Gasteiger partial charge in [0.1, 0.15) is 6.61 Å². The molecule has 1 N–H and O–H groups in total. The van der Waals surface area contributed by atoms with E-state index in [-0.39, 0.29) is 30.7 Å². The van der Waals surface area contributed by atoms with Crippen molar-refractivity contribution < 1.29 is 32.2 Å². The highest BCUT2D eigenvalue weighted by atomic mass is 32.2. The molecule has 3 heterocycles. The van der Waals surface area contributed by atoms with Crippen LogP contribution < -0.4 is 23.7 Å². The zero-order valence-corrected chi connectivity index (χ0v) is 18.2. The second kappa shape index (κ2) is 8.51. The van der Waals surface area contributed by atoms with Gasteiger partial charge in [-0.15, -0.1) is 0 Å². The summed E-state index contributed by atoms with van der Waals surface area (Å²) < 4.78 is 50.3. The summed E-state index contributed by atoms with van der Waals surface area (Å²) >= 11 is 0. The molecule has 1 atom stereocenters. The first-order chi connectivity index (χ1) is 15.5. The Bertz CT molecular complexity index is 1130. The predicted molar refractivity (Wildman–Crippen MR) is 113 cm³/mol. The monoisotopic (exact) mass is 460 g/mol. The van der Waals surface area contributed by atoms with Crippen molar-refractivity contribution >= 4 is 15.9 Å². The number of ether oxygens (including phenoxy) is 4. The van der Waals surface area contributed by atoms with Gasteiger partial charge in [-0.2, -0.15) is 0 Å². The molecule has 0 radical (unpaired) electrons. The largest absolute Gasteiger partial charge is 0.485 e. The summed E-state index contributed by atoms with van der Waals surface area (Å²) in [4.78, 5) is 14.5. The minimum absolute atomic E-state index is 0.0520. The fraction of sp³-hybridized carbons (Fsp3) is 0.409. The SMILES string of the molecule is O=C(C1COc2cc(S(=O)(=O)NCc3ccc4c(c3)OCO4)ccc2O1)N1CCCCC1. The van der Waals surface area contributed by atoms with E-state index in [4.69, 9.17) is 18.9 Å². The lowest BCUT2D eigenvalue weighted by Crippen LogP contribution is -2.48. The Labute approximate surface area is 186 Å². The minimum atomic E-state index is -3.79. The van der Waals surface area contributed by atoms with E-state index in [9.17, 15) is 13.2 Å². The summed E-state index contributed by atoms with van der Waals surface area (Å²) in [6.07, 6.45) is 2.41. The normalized spacial score (nSPS) is 19.6. The quantitative estimate of drug-likeness (QED) is 0.728. The van der Waals surface area contributed by atoms with E-state index in [1.807, 2.05) is 0 Å². The molecule has 1 amide bonds. The maximum atomic E-state index is 12.8. The molecule has 1 unspecified atom stereocenters. The van der Waals surface area contributed by atoms with Crippen LogP contribution in [0.4, 0.5) is 0 Å². The number of carbonyl (C=O) groups is 1. The summed E-state index contributed by atoms with van der Waals surface area (Å²) in [5, 5.41) is 0. The molecule has 170 valence electrons. The van der Waals surface area contributed by atoms with Gasteiger partial charge in [-0.05, 0) is 49.1 Å². The Kier molecular flexibility index (Phi) is 5.56. The van der Waals surface area contributed by atoms with Crippen LogP contribution in [-0.4, -0.2) is 51.8 Å². The molecule has 0 bridgehead atoms. The van der Waals surface area contributed by atoms with Gasteiger partial charge in [0.05, 0.1) is 4.90 Å². The first kappa shape index (κ1) is 20.9. The molecule has 0 aromatic heterocycles. The van der Waals surface area contributed by atoms with Gasteiger partial charge in [0.2, 0.25) is 22.9 Å². The maximum Gasteiger partial charge on any atom is 0.267 e. The highest BCUT2D eigenvalue weighted by Crippen LogP contribution is 2.35. The standard InChI is InChI=1S/C22H24N2O7S/c25-22(24-8-2-1-3-9-24)21-13-28-20-11-16(5-7-18(20)31-21)32(26,27)23-12-15-4-6-17-19(10-15)30-14-29-17/h4-7,10-11,21,23H,1-3,8-9,12-14H2. The van der Waals surface area contributed by atoms with Gasteiger partial charge in [0.15, 0.2) is 23.0 Å². The number of hydrogen-bond donors (Lipinski definition) is 1. The number of benzene rings is 2. The van der Waals surface area contributed by atoms with Crippen LogP contribution in [0.2, 0.25) is 0 Å². The van der Waals surface area contributed by atoms with Gasteiger partial charge < -0.3 is 23.8 Å². The Hall–Kier alpha value is -2.98. The van der Waals surface area contributed by atoms with Crippen LogP contribution in [-0.2, 0) is 21.4 Å². The zero-order chi connectivity index (χ0) is 22.1. The summed E-state index contributed by atoms with van der Waals surface area (Å²) in [7, 11) is -3.79. The molecule has 2 aromatic rings. The van der Waals surface area contributed by atoms with Gasteiger partial charge in [-0.3, -0.25) is 4.79 Å². The van der Waals surface area contributed by atoms with Crippen LogP contribution in [0.5, 0.6) is 23.0 Å². The van der Waals surface area contributed by atoms with Crippen molar-refractivity contribution in [1.82, 2.24) is 9.62 Å². The first-order valence-electron chi connectivity index (χ1n) is 10.6. The van der Waals surface area contributed by atoms with Gasteiger partial charge >= 0.3 is 0 Å². The number of rotatable bonds is 5. The van der Waals surface area contributed by atoms with Crippen molar-refractivity contribution in [2.24, 2.45) is 0 Å². The topological polar surface area (TPSA) is 103 Å². The summed E-state index contributed by atoms with van der Waals surface area (Å²) in [5.74, 6) is 1.81. The number of fused-ring (bicyclic) bond motifs is 2. The van der Waals surface area contributed by atoms with E-state index in [0.29, 0.717) is 23.0 Å². The van der Waals surface area contributed by atoms with Gasteiger partial charge in [-0.1, -0.05) is 6.07 Å². The predicted octanol–water partition coefficient (Wildman–Crippen LogP) is 2.05. The molecule has 3 aliphatic heterocycles. The lowest BCUT2D eigenvalue weighted by molar-refractivity contribution is -0.142. The van der Waals surface area contributed by atoms with E-state index in [0.717, 1.165) is 37.9 Å². The Morgan fingerprint density at radius 2 is 1.69 bits per heavy atom. The second-order valence-electron chi connectivity index (χ2n) is 7.92. The molecule has 0 spiro atoms. The average Bonchev–Trinajstić information content (AvgIpc) is 3.30. The molecular weight excluding hydrogens is 436 g/mol. The molecule has 5 rings (SSSR count). The number of nitrogens with one attached hydrogen (secondary N) is 1. The summed E-state index contributed by atoms with van der Waals surface area (Å²) in [5.41, 5.74) is 0.745. The minimum Gasteiger partial charge on any atom is -0.485 e. The van der Waals surface area contributed by atoms with E-state index in [1.54, 1.807) is 23.1 Å². The van der Waals surface area contributed by atoms with Crippen LogP contribution >= 0.6 is 0 Å². The van der Waals surface area contributed by atoms with Crippen LogP contribution in [0.1, 0.15) is 24.8 Å². The van der Waals surface area contributed by atoms with E-state index < -0.39 is 16.1 Å². The molecule has 1 fully saturated rings. The molecule has 2 aromatic carbocycles. The van der Waals surface area contributed by atoms with Crippen molar-refractivity contribution in [1.29, 1.82) is 0 Å². The smallest absolute Gasteiger partial charge is 0.267 e. The Morgan fingerprint density at radius 1 is 0.938 bits per heavy atom. The Morgan fingerprint density at radius 3 is 2.53 bits per heavy atom. The van der Waals surface area contributed by atoms with E-state index in [1.165, 1.54) is 18.2 Å². The van der Waals surface area contributed by atoms with Crippen molar-refractivity contribution in [2.45, 2.75) is 36.8 Å². The van der Waals surface area contributed by atoms with Crippen molar-refractivity contribution in [3.8, 4) is 23.0 Å². The van der Waals surface area contributed by atoms with Crippen molar-refractivity contribution in [3.05, 3.63) is 42.0 Å². The fourth-order valence-electron chi connectivity index (χ4n) is 3.97. The third-order valence-electron chi connectivity index (χ3n) is 5.73. The number of amides is 1. The van der Waals surface area contributed by atoms with Crippen molar-refractivity contribution in [2.75, 3.05) is 26.5 Å². The van der Waals surface area contributed by atoms with Gasteiger partial charge in [0, 0.05) is 25.7 Å². The maximum absolute atomic E-state index is 12.8. The summed E-state index contributed by atoms with van der Waals surface area (Å²) in [6.45, 7) is 1.78. The van der Waals surface area contributed by atoms with E-state index in [2.05, 4.69) is 4.72 Å². The molecule has 0 saturated carbocycles. The van der Waals surface area contributed by atoms with E-state index >= 15 is 0 Å². The van der Waals surface area contributed by atoms with Crippen molar-refractivity contribution in [3.63, 3.8) is 0 Å². The number of carbonyl (C=O) groups excluding carboxylic acids is 1. The number of nitrogens with zero attached hydrogens (tertiary/aromatic N) is 1.